The number of amides is 1. The maximum Gasteiger partial charge on any atom is 0.409 e. The van der Waals surface area contributed by atoms with Crippen molar-refractivity contribution in [2.24, 2.45) is 0 Å². The molecular formula is C20H27NO4. The number of nitrogens with zero attached hydrogens (tertiary/aromatic N) is 1. The number of unbranched alkanes of at least 4 members (excludes halogenated alkanes) is 1. The summed E-state index contributed by atoms with van der Waals surface area (Å²) >= 11 is 0. The van der Waals surface area contributed by atoms with Gasteiger partial charge >= 0.3 is 6.09 Å². The van der Waals surface area contributed by atoms with E-state index in [0.717, 1.165) is 29.7 Å². The summed E-state index contributed by atoms with van der Waals surface area (Å²) in [5.74, 6) is 0.874. The number of carbonyl (C=O) groups excluding carboxylic acids is 2. The summed E-state index contributed by atoms with van der Waals surface area (Å²) in [6, 6.07) is 3.84. The van der Waals surface area contributed by atoms with Crippen LogP contribution in [-0.2, 0) is 4.74 Å². The molecule has 136 valence electrons. The molecule has 0 aliphatic carbocycles. The number of hydrogen-bond donors (Lipinski definition) is 0. The van der Waals surface area contributed by atoms with E-state index < -0.39 is 5.60 Å². The molecule has 0 radical (unpaired) electrons. The first-order chi connectivity index (χ1) is 12.0. The summed E-state index contributed by atoms with van der Waals surface area (Å²) < 4.78 is 11.7. The van der Waals surface area contributed by atoms with E-state index in [1.165, 1.54) is 0 Å². The number of rotatable bonds is 3. The topological polar surface area (TPSA) is 55.8 Å². The van der Waals surface area contributed by atoms with Gasteiger partial charge in [0.15, 0.2) is 5.78 Å². The van der Waals surface area contributed by atoms with E-state index in [-0.39, 0.29) is 11.9 Å². The van der Waals surface area contributed by atoms with E-state index >= 15 is 0 Å². The fraction of sp³-hybridized carbons (Fsp3) is 0.600. The van der Waals surface area contributed by atoms with Gasteiger partial charge in [0, 0.05) is 25.9 Å². The third kappa shape index (κ3) is 3.51. The van der Waals surface area contributed by atoms with Gasteiger partial charge in [0.25, 0.3) is 0 Å². The molecule has 0 saturated carbocycles. The van der Waals surface area contributed by atoms with Gasteiger partial charge in [0.1, 0.15) is 11.4 Å². The molecule has 1 spiro atoms. The van der Waals surface area contributed by atoms with Crippen molar-refractivity contribution < 1.29 is 19.1 Å². The minimum Gasteiger partial charge on any atom is -0.486 e. The molecule has 25 heavy (non-hydrogen) atoms. The zero-order valence-electron chi connectivity index (χ0n) is 15.4. The van der Waals surface area contributed by atoms with Crippen molar-refractivity contribution in [3.63, 3.8) is 0 Å². The standard InChI is InChI=1S/C20H27NO4/c1-4-5-12-24-19(23)21-10-8-20(9-11-21)13-17(22)16-7-6-14(2)15(3)18(16)25-20/h6-7H,4-5,8-13H2,1-3H3. The second kappa shape index (κ2) is 7.06. The van der Waals surface area contributed by atoms with Crippen molar-refractivity contribution in [3.05, 3.63) is 28.8 Å². The highest BCUT2D eigenvalue weighted by Crippen LogP contribution is 2.41. The van der Waals surface area contributed by atoms with Crippen LogP contribution in [0.25, 0.3) is 0 Å². The first-order valence-corrected chi connectivity index (χ1v) is 9.20. The zero-order valence-corrected chi connectivity index (χ0v) is 15.4. The lowest BCUT2D eigenvalue weighted by molar-refractivity contribution is -0.00962. The van der Waals surface area contributed by atoms with Gasteiger partial charge in [-0.05, 0) is 37.5 Å². The maximum absolute atomic E-state index is 12.6. The minimum absolute atomic E-state index is 0.142. The van der Waals surface area contributed by atoms with Crippen molar-refractivity contribution in [2.45, 2.75) is 58.5 Å². The molecule has 3 rings (SSSR count). The number of Topliss-reactive ketones (excluding diaryl/α,β-unsaturated/α-hetero) is 1. The molecule has 2 aliphatic heterocycles. The summed E-state index contributed by atoms with van der Waals surface area (Å²) in [4.78, 5) is 26.5. The second-order valence-electron chi connectivity index (χ2n) is 7.22. The van der Waals surface area contributed by atoms with Crippen LogP contribution < -0.4 is 4.74 Å². The minimum atomic E-state index is -0.483. The third-order valence-corrected chi connectivity index (χ3v) is 5.43. The van der Waals surface area contributed by atoms with E-state index in [2.05, 4.69) is 6.92 Å². The molecule has 1 fully saturated rings. The average molecular weight is 345 g/mol. The Morgan fingerprint density at radius 3 is 2.68 bits per heavy atom. The summed E-state index contributed by atoms with van der Waals surface area (Å²) in [5, 5.41) is 0. The molecule has 0 atom stereocenters. The first kappa shape index (κ1) is 17.8. The van der Waals surface area contributed by atoms with Gasteiger partial charge in [-0.1, -0.05) is 19.4 Å². The quantitative estimate of drug-likeness (QED) is 0.776. The number of carbonyl (C=O) groups is 2. The van der Waals surface area contributed by atoms with Crippen LogP contribution in [0.3, 0.4) is 0 Å². The van der Waals surface area contributed by atoms with E-state index in [1.54, 1.807) is 4.90 Å². The molecule has 0 aromatic heterocycles. The Bertz CT molecular complexity index is 675. The van der Waals surface area contributed by atoms with Crippen molar-refractivity contribution in [3.8, 4) is 5.75 Å². The predicted molar refractivity (Wildman–Crippen MR) is 95.3 cm³/mol. The molecule has 5 nitrogen and oxygen atoms in total. The van der Waals surface area contributed by atoms with Gasteiger partial charge in [-0.3, -0.25) is 4.79 Å². The summed E-state index contributed by atoms with van der Waals surface area (Å²) in [5.41, 5.74) is 2.37. The molecule has 1 amide bonds. The lowest BCUT2D eigenvalue weighted by Gasteiger charge is -2.44. The lowest BCUT2D eigenvalue weighted by Crippen LogP contribution is -2.52. The molecule has 2 aliphatic rings. The maximum atomic E-state index is 12.6. The lowest BCUT2D eigenvalue weighted by atomic mass is 9.81. The Hall–Kier alpha value is -2.04. The number of fused-ring (bicyclic) bond motifs is 1. The van der Waals surface area contributed by atoms with Gasteiger partial charge in [-0.2, -0.15) is 0 Å². The SMILES string of the molecule is CCCCOC(=O)N1CCC2(CC1)CC(=O)c1ccc(C)c(C)c1O2. The summed E-state index contributed by atoms with van der Waals surface area (Å²) in [7, 11) is 0. The monoisotopic (exact) mass is 345 g/mol. The second-order valence-corrected chi connectivity index (χ2v) is 7.22. The van der Waals surface area contributed by atoms with Crippen molar-refractivity contribution in [2.75, 3.05) is 19.7 Å². The Balaban J connectivity index is 1.68. The molecule has 1 aromatic rings. The van der Waals surface area contributed by atoms with Gasteiger partial charge in [-0.15, -0.1) is 0 Å². The van der Waals surface area contributed by atoms with Crippen LogP contribution in [0.4, 0.5) is 4.79 Å². The molecular weight excluding hydrogens is 318 g/mol. The van der Waals surface area contributed by atoms with Crippen LogP contribution in [0.15, 0.2) is 12.1 Å². The molecule has 0 bridgehead atoms. The van der Waals surface area contributed by atoms with E-state index in [1.807, 2.05) is 26.0 Å². The van der Waals surface area contributed by atoms with Crippen molar-refractivity contribution >= 4 is 11.9 Å². The van der Waals surface area contributed by atoms with Crippen LogP contribution in [0.1, 0.15) is 60.5 Å². The third-order valence-electron chi connectivity index (χ3n) is 5.43. The Morgan fingerprint density at radius 2 is 2.00 bits per heavy atom. The van der Waals surface area contributed by atoms with Crippen LogP contribution in [-0.4, -0.2) is 42.1 Å². The largest absolute Gasteiger partial charge is 0.486 e. The van der Waals surface area contributed by atoms with E-state index in [4.69, 9.17) is 9.47 Å². The summed E-state index contributed by atoms with van der Waals surface area (Å²) in [6.07, 6.45) is 3.35. The van der Waals surface area contributed by atoms with Crippen LogP contribution in [0.2, 0.25) is 0 Å². The van der Waals surface area contributed by atoms with Gasteiger partial charge in [0.05, 0.1) is 18.6 Å². The zero-order chi connectivity index (χ0) is 18.0. The number of ketones is 1. The number of hydrogen-bond acceptors (Lipinski definition) is 4. The van der Waals surface area contributed by atoms with Crippen molar-refractivity contribution in [1.29, 1.82) is 0 Å². The molecule has 0 N–H and O–H groups in total. The number of aryl methyl sites for hydroxylation is 1. The number of benzene rings is 1. The van der Waals surface area contributed by atoms with Gasteiger partial charge in [0.2, 0.25) is 0 Å². The number of ether oxygens (including phenoxy) is 2. The molecule has 2 heterocycles. The van der Waals surface area contributed by atoms with Gasteiger partial charge < -0.3 is 14.4 Å². The molecule has 0 unspecified atom stereocenters. The average Bonchev–Trinajstić information content (AvgIpc) is 2.59. The first-order valence-electron chi connectivity index (χ1n) is 9.20. The van der Waals surface area contributed by atoms with E-state index in [0.29, 0.717) is 44.5 Å². The predicted octanol–water partition coefficient (Wildman–Crippen LogP) is 4.04. The smallest absolute Gasteiger partial charge is 0.409 e. The van der Waals surface area contributed by atoms with E-state index in [9.17, 15) is 9.59 Å². The highest BCUT2D eigenvalue weighted by Gasteiger charge is 2.44. The van der Waals surface area contributed by atoms with Gasteiger partial charge in [-0.25, -0.2) is 4.79 Å². The highest BCUT2D eigenvalue weighted by atomic mass is 16.6. The molecule has 1 saturated heterocycles. The Kier molecular flexibility index (Phi) is 5.02. The van der Waals surface area contributed by atoms with Crippen molar-refractivity contribution in [1.82, 2.24) is 4.90 Å². The Morgan fingerprint density at radius 1 is 1.28 bits per heavy atom. The summed E-state index contributed by atoms with van der Waals surface area (Å²) in [6.45, 7) is 7.70. The Labute approximate surface area is 149 Å². The fourth-order valence-corrected chi connectivity index (χ4v) is 3.55. The molecule has 5 heteroatoms. The number of likely N-dealkylation sites (tertiary alicyclic amines) is 1. The van der Waals surface area contributed by atoms with Crippen LogP contribution in [0, 0.1) is 13.8 Å². The fourth-order valence-electron chi connectivity index (χ4n) is 3.55. The van der Waals surface area contributed by atoms with Crippen LogP contribution >= 0.6 is 0 Å². The number of piperidine rings is 1. The van der Waals surface area contributed by atoms with Crippen LogP contribution in [0.5, 0.6) is 5.75 Å². The normalized spacial score (nSPS) is 18.7. The molecule has 1 aromatic carbocycles. The highest BCUT2D eigenvalue weighted by molar-refractivity contribution is 6.01.